The van der Waals surface area contributed by atoms with Crippen molar-refractivity contribution in [3.05, 3.63) is 82.0 Å². The molecule has 0 aliphatic carbocycles. The molecule has 6 nitrogen and oxygen atoms in total. The molecule has 9 heteroatoms. The Morgan fingerprint density at radius 3 is 2.08 bits per heavy atom. The van der Waals surface area contributed by atoms with Gasteiger partial charge in [0.15, 0.2) is 11.6 Å². The van der Waals surface area contributed by atoms with Gasteiger partial charge in [-0.15, -0.1) is 13.8 Å². The van der Waals surface area contributed by atoms with Crippen molar-refractivity contribution >= 4 is 18.2 Å². The number of aryl methyl sites for hydroxylation is 2. The molecule has 0 saturated carbocycles. The van der Waals surface area contributed by atoms with Crippen molar-refractivity contribution in [2.75, 3.05) is 14.1 Å². The zero-order valence-electron chi connectivity index (χ0n) is 24.5. The Labute approximate surface area is 243 Å². The second-order valence-electron chi connectivity index (χ2n) is 9.41. The third-order valence-corrected chi connectivity index (χ3v) is 5.02. The Bertz CT molecular complexity index is 1080. The molecule has 0 aromatic heterocycles. The molecule has 2 aromatic rings. The summed E-state index contributed by atoms with van der Waals surface area (Å²) in [4.78, 5) is 32.9. The fourth-order valence-corrected chi connectivity index (χ4v) is 3.38. The van der Waals surface area contributed by atoms with Crippen molar-refractivity contribution in [2.45, 2.75) is 60.4 Å². The van der Waals surface area contributed by atoms with Gasteiger partial charge in [-0.2, -0.15) is 26.6 Å². The van der Waals surface area contributed by atoms with Crippen molar-refractivity contribution in [1.82, 2.24) is 5.32 Å². The first-order valence-corrected chi connectivity index (χ1v) is 12.2. The normalized spacial score (nSPS) is 10.4. The molecule has 210 valence electrons. The number of hydrogen-bond acceptors (Lipinski definition) is 3. The van der Waals surface area contributed by atoms with Crippen LogP contribution in [0.4, 0.5) is 8.78 Å². The van der Waals surface area contributed by atoms with E-state index in [1.165, 1.54) is 18.6 Å². The Balaban J connectivity index is 0. The summed E-state index contributed by atoms with van der Waals surface area (Å²) in [6.45, 7) is 11.3. The van der Waals surface area contributed by atoms with Crippen LogP contribution in [0.5, 0.6) is 0 Å². The molecule has 0 spiro atoms. The molecule has 0 heterocycles. The van der Waals surface area contributed by atoms with Crippen molar-refractivity contribution in [3.8, 4) is 11.1 Å². The number of rotatable bonds is 9. The summed E-state index contributed by atoms with van der Waals surface area (Å²) >= 11 is 0. The van der Waals surface area contributed by atoms with Crippen molar-refractivity contribution in [3.63, 3.8) is 0 Å². The largest absolute Gasteiger partial charge is 1.00 e. The minimum absolute atomic E-state index is 0. The van der Waals surface area contributed by atoms with Crippen LogP contribution >= 0.6 is 0 Å². The van der Waals surface area contributed by atoms with E-state index < -0.39 is 36.0 Å². The first-order valence-electron chi connectivity index (χ1n) is 12.2. The number of carbonyl (C=O) groups excluding carboxylic acids is 2. The predicted octanol–water partition coefficient (Wildman–Crippen LogP) is 3.82. The van der Waals surface area contributed by atoms with Crippen LogP contribution in [0.25, 0.3) is 16.4 Å². The van der Waals surface area contributed by atoms with Crippen LogP contribution in [-0.2, 0) is 14.4 Å². The molecule has 1 atom stereocenters. The number of carbonyl (C=O) groups is 2. The third kappa shape index (κ3) is 14.7. The Morgan fingerprint density at radius 1 is 1.13 bits per heavy atom. The molecular formula is C30H39F2LiN2O4-2. The van der Waals surface area contributed by atoms with Crippen LogP contribution < -0.4 is 24.2 Å². The van der Waals surface area contributed by atoms with Crippen LogP contribution in [0, 0.1) is 37.8 Å². The van der Waals surface area contributed by atoms with E-state index in [1.54, 1.807) is 20.4 Å². The summed E-state index contributed by atoms with van der Waals surface area (Å²) in [5.74, 6) is -3.75. The number of aliphatic carboxylic acids is 1. The Kier molecular flexibility index (Phi) is 19.6. The van der Waals surface area contributed by atoms with E-state index in [-0.39, 0.29) is 30.3 Å². The van der Waals surface area contributed by atoms with Crippen LogP contribution in [0.2, 0.25) is 0 Å². The van der Waals surface area contributed by atoms with Gasteiger partial charge in [0, 0.05) is 5.56 Å². The van der Waals surface area contributed by atoms with Gasteiger partial charge in [-0.05, 0) is 54.5 Å². The zero-order valence-corrected chi connectivity index (χ0v) is 24.5. The topological polar surface area (TPSA) is 97.6 Å². The van der Waals surface area contributed by atoms with E-state index in [2.05, 4.69) is 10.6 Å². The number of halogens is 2. The third-order valence-electron chi connectivity index (χ3n) is 5.02. The van der Waals surface area contributed by atoms with E-state index >= 15 is 0 Å². The maximum Gasteiger partial charge on any atom is 1.00 e. The molecule has 2 aromatic carbocycles. The Hall–Kier alpha value is -2.92. The maximum absolute atomic E-state index is 14.6. The number of nitrogens with one attached hydrogen (secondary N) is 1. The molecule has 39 heavy (non-hydrogen) atoms. The fourth-order valence-electron chi connectivity index (χ4n) is 3.38. The smallest absolute Gasteiger partial charge is 0.668 e. The summed E-state index contributed by atoms with van der Waals surface area (Å²) in [6.07, 6.45) is 4.38. The first kappa shape index (κ1) is 38.2. The van der Waals surface area contributed by atoms with Gasteiger partial charge in [0.25, 0.3) is 0 Å². The second-order valence-corrected chi connectivity index (χ2v) is 9.41. The minimum Gasteiger partial charge on any atom is -0.668 e. The van der Waals surface area contributed by atoms with Gasteiger partial charge >= 0.3 is 24.8 Å². The molecular weight excluding hydrogens is 497 g/mol. The van der Waals surface area contributed by atoms with Gasteiger partial charge in [0.05, 0.1) is 18.4 Å². The van der Waals surface area contributed by atoms with Crippen LogP contribution in [-0.4, -0.2) is 37.4 Å². The molecule has 2 rings (SSSR count). The van der Waals surface area contributed by atoms with Crippen LogP contribution in [0.1, 0.15) is 63.3 Å². The SMILES string of the molecule is CC(C)=C[C-]=O.C[N-]C.Cc1cccc(C)c1-c1cc(F)c(F)c([C@H](CC(=O)O)NC(=O)[CH-]CC(C)C)c1.[Li+]. The van der Waals surface area contributed by atoms with Gasteiger partial charge in [-0.1, -0.05) is 38.0 Å². The quantitative estimate of drug-likeness (QED) is 0.289. The monoisotopic (exact) mass is 536 g/mol. The van der Waals surface area contributed by atoms with E-state index in [4.69, 9.17) is 0 Å². The summed E-state index contributed by atoms with van der Waals surface area (Å²) in [7, 11) is 3.50. The van der Waals surface area contributed by atoms with E-state index in [0.717, 1.165) is 28.3 Å². The minimum atomic E-state index is -1.23. The van der Waals surface area contributed by atoms with E-state index in [9.17, 15) is 28.3 Å². The van der Waals surface area contributed by atoms with Crippen LogP contribution in [0.15, 0.2) is 42.0 Å². The molecule has 0 unspecified atom stereocenters. The van der Waals surface area contributed by atoms with Crippen molar-refractivity contribution in [2.24, 2.45) is 5.92 Å². The number of carboxylic acids is 1. The first-order chi connectivity index (χ1) is 17.8. The molecule has 0 fully saturated rings. The van der Waals surface area contributed by atoms with Crippen LogP contribution in [0.3, 0.4) is 0 Å². The average molecular weight is 537 g/mol. The Morgan fingerprint density at radius 2 is 1.67 bits per heavy atom. The van der Waals surface area contributed by atoms with Gasteiger partial charge in [-0.3, -0.25) is 4.79 Å². The summed E-state index contributed by atoms with van der Waals surface area (Å²) in [5.41, 5.74) is 3.75. The number of nitrogens with zero attached hydrogens (tertiary/aromatic N) is 1. The van der Waals surface area contributed by atoms with Gasteiger partial charge in [-0.25, -0.2) is 14.4 Å². The molecule has 1 amide bonds. The van der Waals surface area contributed by atoms with Gasteiger partial charge in [0.2, 0.25) is 0 Å². The fraction of sp³-hybridized carbons (Fsp3) is 0.400. The zero-order chi connectivity index (χ0) is 29.4. The molecule has 0 radical (unpaired) electrons. The average Bonchev–Trinajstić information content (AvgIpc) is 2.80. The second kappa shape index (κ2) is 20.0. The molecule has 2 N–H and O–H groups in total. The summed E-state index contributed by atoms with van der Waals surface area (Å²) in [6, 6.07) is 6.92. The predicted molar refractivity (Wildman–Crippen MR) is 148 cm³/mol. The van der Waals surface area contributed by atoms with Gasteiger partial charge < -0.3 is 31.8 Å². The standard InChI is InChI=1S/C23H26F2NO3.C5H7O.C2H6N.Li/c1-13(2)8-9-20(27)26-19(12-21(28)29)17-10-16(11-18(24)23(17)25)22-14(3)6-5-7-15(22)4;1-5(2)3-4-6;1-3-2;/h5-7,9-11,13,19H,8,12H2,1-4H3,(H,26,27)(H,28,29);3H,1-2H3;1-2H3;/q3*-1;+1/t19-;;;/m0.../s1. The number of carboxylic acid groups (broad SMARTS) is 1. The maximum atomic E-state index is 14.6. The molecule has 0 saturated heterocycles. The number of benzene rings is 2. The van der Waals surface area contributed by atoms with E-state index in [0.29, 0.717) is 12.0 Å². The number of allylic oxidation sites excluding steroid dienone is 2. The molecule has 0 bridgehead atoms. The molecule has 0 aliphatic heterocycles. The van der Waals surface area contributed by atoms with Crippen molar-refractivity contribution in [1.29, 1.82) is 0 Å². The van der Waals surface area contributed by atoms with Gasteiger partial charge in [0.1, 0.15) is 0 Å². The van der Waals surface area contributed by atoms with Crippen molar-refractivity contribution < 1.29 is 47.1 Å². The number of amides is 1. The number of hydrogen-bond donors (Lipinski definition) is 2. The molecule has 0 aliphatic rings. The summed E-state index contributed by atoms with van der Waals surface area (Å²) in [5, 5.41) is 15.2. The van der Waals surface area contributed by atoms with E-state index in [1.807, 2.05) is 59.7 Å². The summed E-state index contributed by atoms with van der Waals surface area (Å²) < 4.78 is 29.1.